The monoisotopic (exact) mass is 461 g/mol. The van der Waals surface area contributed by atoms with E-state index in [1.807, 2.05) is 54.6 Å². The molecule has 1 heterocycles. The van der Waals surface area contributed by atoms with E-state index in [1.54, 1.807) is 7.11 Å². The van der Waals surface area contributed by atoms with Gasteiger partial charge < -0.3 is 19.9 Å². The average molecular weight is 462 g/mol. The van der Waals surface area contributed by atoms with Crippen LogP contribution in [-0.2, 0) is 22.6 Å². The number of hydrogen-bond donors (Lipinski definition) is 2. The van der Waals surface area contributed by atoms with E-state index in [1.165, 1.54) is 0 Å². The van der Waals surface area contributed by atoms with Gasteiger partial charge in [0.2, 0.25) is 5.91 Å². The van der Waals surface area contributed by atoms with Crippen molar-refractivity contribution in [2.75, 3.05) is 12.4 Å². The molecular formula is C28H35N3O3. The normalized spacial score (nSPS) is 18.1. The first-order chi connectivity index (χ1) is 16.6. The van der Waals surface area contributed by atoms with Crippen LogP contribution in [0.25, 0.3) is 10.9 Å². The predicted octanol–water partition coefficient (Wildman–Crippen LogP) is 5.52. The lowest BCUT2D eigenvalue weighted by atomic mass is 9.86. The number of rotatable bonds is 9. The molecule has 2 aromatic carbocycles. The lowest BCUT2D eigenvalue weighted by molar-refractivity contribution is -0.122. The van der Waals surface area contributed by atoms with E-state index in [0.29, 0.717) is 12.2 Å². The van der Waals surface area contributed by atoms with Crippen LogP contribution in [0.3, 0.4) is 0 Å². The summed E-state index contributed by atoms with van der Waals surface area (Å²) in [6.07, 6.45) is 5.89. The van der Waals surface area contributed by atoms with Crippen LogP contribution in [0.5, 0.6) is 0 Å². The Balaban J connectivity index is 1.52. The molecule has 0 bridgehead atoms. The maximum absolute atomic E-state index is 13.1. The topological polar surface area (TPSA) is 72.4 Å². The zero-order valence-electron chi connectivity index (χ0n) is 20.2. The summed E-state index contributed by atoms with van der Waals surface area (Å²) in [5.74, 6) is -0.0650. The largest absolute Gasteiger partial charge is 0.381 e. The van der Waals surface area contributed by atoms with Crippen molar-refractivity contribution in [1.29, 1.82) is 0 Å². The third-order valence-electron chi connectivity index (χ3n) is 6.76. The second-order valence-electron chi connectivity index (χ2n) is 9.19. The molecule has 6 nitrogen and oxygen atoms in total. The summed E-state index contributed by atoms with van der Waals surface area (Å²) in [5, 5.41) is 7.10. The molecule has 1 aliphatic rings. The molecular weight excluding hydrogens is 426 g/mol. The fraction of sp³-hybridized carbons (Fsp3) is 0.429. The van der Waals surface area contributed by atoms with Crippen molar-refractivity contribution in [3.8, 4) is 0 Å². The van der Waals surface area contributed by atoms with E-state index in [0.717, 1.165) is 67.2 Å². The summed E-state index contributed by atoms with van der Waals surface area (Å²) in [7, 11) is 1.72. The van der Waals surface area contributed by atoms with E-state index >= 15 is 0 Å². The average Bonchev–Trinajstić information content (AvgIpc) is 3.24. The molecule has 0 saturated heterocycles. The van der Waals surface area contributed by atoms with Crippen molar-refractivity contribution in [2.24, 2.45) is 5.92 Å². The summed E-state index contributed by atoms with van der Waals surface area (Å²) < 4.78 is 7.57. The summed E-state index contributed by atoms with van der Waals surface area (Å²) >= 11 is 0. The van der Waals surface area contributed by atoms with Crippen molar-refractivity contribution >= 4 is 28.4 Å². The van der Waals surface area contributed by atoms with E-state index < -0.39 is 0 Å². The van der Waals surface area contributed by atoms with Crippen molar-refractivity contribution in [2.45, 2.75) is 64.6 Å². The Morgan fingerprint density at radius 2 is 1.91 bits per heavy atom. The molecule has 6 heteroatoms. The Hall–Kier alpha value is -3.12. The van der Waals surface area contributed by atoms with Gasteiger partial charge in [-0.2, -0.15) is 0 Å². The van der Waals surface area contributed by atoms with Gasteiger partial charge in [0.15, 0.2) is 0 Å². The molecule has 1 saturated carbocycles. The van der Waals surface area contributed by atoms with Gasteiger partial charge in [-0.15, -0.1) is 0 Å². The number of anilines is 1. The number of carbonyl (C=O) groups excluding carboxylic acids is 2. The molecule has 1 fully saturated rings. The number of ether oxygens (including phenoxy) is 1. The zero-order valence-corrected chi connectivity index (χ0v) is 20.2. The molecule has 0 aliphatic heterocycles. The number of methoxy groups -OCH3 is 1. The van der Waals surface area contributed by atoms with Crippen molar-refractivity contribution in [3.05, 3.63) is 65.9 Å². The maximum atomic E-state index is 13.1. The zero-order chi connectivity index (χ0) is 23.9. The highest BCUT2D eigenvalue weighted by Gasteiger charge is 2.27. The fourth-order valence-electron chi connectivity index (χ4n) is 4.80. The SMILES string of the molecule is CCCCn1c(C(=O)NCc2ccccc2)cc2cc(NC(=O)[C@H]3CCC[C@@H](OC)C3)ccc21. The highest BCUT2D eigenvalue weighted by atomic mass is 16.5. The predicted molar refractivity (Wildman–Crippen MR) is 136 cm³/mol. The smallest absolute Gasteiger partial charge is 0.268 e. The molecule has 2 amide bonds. The van der Waals surface area contributed by atoms with Gasteiger partial charge in [-0.05, 0) is 55.5 Å². The quantitative estimate of drug-likeness (QED) is 0.441. The van der Waals surface area contributed by atoms with E-state index in [2.05, 4.69) is 22.1 Å². The van der Waals surface area contributed by atoms with E-state index in [-0.39, 0.29) is 23.8 Å². The van der Waals surface area contributed by atoms with Gasteiger partial charge >= 0.3 is 0 Å². The van der Waals surface area contributed by atoms with Crippen LogP contribution in [0.4, 0.5) is 5.69 Å². The molecule has 0 radical (unpaired) electrons. The molecule has 3 aromatic rings. The number of carbonyl (C=O) groups is 2. The number of fused-ring (bicyclic) bond motifs is 1. The van der Waals surface area contributed by atoms with Gasteiger partial charge in [-0.1, -0.05) is 50.1 Å². The van der Waals surface area contributed by atoms with Crippen LogP contribution in [0.1, 0.15) is 61.5 Å². The number of unbranched alkanes of at least 4 members (excludes halogenated alkanes) is 1. The first-order valence-electron chi connectivity index (χ1n) is 12.4. The van der Waals surface area contributed by atoms with Gasteiger partial charge in [0.05, 0.1) is 6.10 Å². The molecule has 0 unspecified atom stereocenters. The molecule has 2 atom stereocenters. The standard InChI is InChI=1S/C28H35N3O3/c1-3-4-15-31-25-14-13-23(30-27(32)21-11-8-12-24(17-21)34-2)16-22(25)18-26(31)28(33)29-19-20-9-6-5-7-10-20/h5-7,9-10,13-14,16,18,21,24H,3-4,8,11-12,15,17,19H2,1-2H3,(H,29,33)(H,30,32)/t21-,24+/m0/s1. The minimum absolute atomic E-state index is 0.0251. The molecule has 4 rings (SSSR count). The second kappa shape index (κ2) is 11.3. The molecule has 2 N–H and O–H groups in total. The van der Waals surface area contributed by atoms with Crippen LogP contribution >= 0.6 is 0 Å². The number of aryl methyl sites for hydroxylation is 1. The van der Waals surface area contributed by atoms with Gasteiger partial charge in [0, 0.05) is 42.7 Å². The summed E-state index contributed by atoms with van der Waals surface area (Å²) in [6.45, 7) is 3.41. The lowest BCUT2D eigenvalue weighted by Crippen LogP contribution is -2.30. The molecule has 34 heavy (non-hydrogen) atoms. The van der Waals surface area contributed by atoms with Crippen molar-refractivity contribution in [3.63, 3.8) is 0 Å². The van der Waals surface area contributed by atoms with Crippen molar-refractivity contribution in [1.82, 2.24) is 9.88 Å². The maximum Gasteiger partial charge on any atom is 0.268 e. The highest BCUT2D eigenvalue weighted by molar-refractivity contribution is 6.00. The number of nitrogens with one attached hydrogen (secondary N) is 2. The molecule has 0 spiro atoms. The van der Waals surface area contributed by atoms with Crippen LogP contribution in [0.2, 0.25) is 0 Å². The van der Waals surface area contributed by atoms with E-state index in [9.17, 15) is 9.59 Å². The fourth-order valence-corrected chi connectivity index (χ4v) is 4.80. The number of nitrogens with zero attached hydrogens (tertiary/aromatic N) is 1. The number of hydrogen-bond acceptors (Lipinski definition) is 3. The Morgan fingerprint density at radius 3 is 2.68 bits per heavy atom. The first kappa shape index (κ1) is 24.0. The van der Waals surface area contributed by atoms with Crippen LogP contribution in [0.15, 0.2) is 54.6 Å². The number of benzene rings is 2. The van der Waals surface area contributed by atoms with Gasteiger partial charge in [-0.3, -0.25) is 9.59 Å². The molecule has 1 aliphatic carbocycles. The Morgan fingerprint density at radius 1 is 1.09 bits per heavy atom. The summed E-state index contributed by atoms with van der Waals surface area (Å²) in [5.41, 5.74) is 3.49. The second-order valence-corrected chi connectivity index (χ2v) is 9.19. The Labute approximate surface area is 201 Å². The summed E-state index contributed by atoms with van der Waals surface area (Å²) in [4.78, 5) is 26.0. The number of amides is 2. The Bertz CT molecular complexity index is 1120. The molecule has 1 aromatic heterocycles. The van der Waals surface area contributed by atoms with Gasteiger partial charge in [-0.25, -0.2) is 0 Å². The first-order valence-corrected chi connectivity index (χ1v) is 12.4. The minimum atomic E-state index is -0.0884. The Kier molecular flexibility index (Phi) is 8.01. The highest BCUT2D eigenvalue weighted by Crippen LogP contribution is 2.29. The number of aromatic nitrogens is 1. The van der Waals surface area contributed by atoms with Crippen molar-refractivity contribution < 1.29 is 14.3 Å². The van der Waals surface area contributed by atoms with E-state index in [4.69, 9.17) is 4.74 Å². The third-order valence-corrected chi connectivity index (χ3v) is 6.76. The van der Waals surface area contributed by atoms with Gasteiger partial charge in [0.1, 0.15) is 5.69 Å². The minimum Gasteiger partial charge on any atom is -0.381 e. The van der Waals surface area contributed by atoms with Gasteiger partial charge in [0.25, 0.3) is 5.91 Å². The van der Waals surface area contributed by atoms with Crippen LogP contribution in [-0.4, -0.2) is 29.6 Å². The van der Waals surface area contributed by atoms with Crippen LogP contribution in [0, 0.1) is 5.92 Å². The van der Waals surface area contributed by atoms with Crippen LogP contribution < -0.4 is 10.6 Å². The lowest BCUT2D eigenvalue weighted by Gasteiger charge is -2.27. The summed E-state index contributed by atoms with van der Waals surface area (Å²) in [6, 6.07) is 17.8. The molecule has 180 valence electrons. The third kappa shape index (κ3) is 5.68.